The number of benzene rings is 2. The van der Waals surface area contributed by atoms with E-state index in [2.05, 4.69) is 12.2 Å². The number of ether oxygens (including phenoxy) is 2. The maximum absolute atomic E-state index is 11.6. The Kier molecular flexibility index (Phi) is 8.31. The molecule has 160 valence electrons. The van der Waals surface area contributed by atoms with Crippen molar-refractivity contribution >= 4 is 9.84 Å². The Morgan fingerprint density at radius 2 is 1.76 bits per heavy atom. The molecule has 0 aromatic heterocycles. The van der Waals surface area contributed by atoms with Crippen LogP contribution in [0.1, 0.15) is 18.9 Å². The predicted molar refractivity (Wildman–Crippen MR) is 111 cm³/mol. The van der Waals surface area contributed by atoms with Crippen LogP contribution in [0.5, 0.6) is 17.2 Å². The Hall–Kier alpha value is -2.29. The molecule has 0 aliphatic rings. The zero-order valence-corrected chi connectivity index (χ0v) is 17.8. The molecule has 0 aliphatic heterocycles. The molecule has 2 rings (SSSR count). The first kappa shape index (κ1) is 23.0. The number of aromatic hydroxyl groups is 1. The van der Waals surface area contributed by atoms with Gasteiger partial charge in [0.2, 0.25) is 0 Å². The maximum Gasteiger partial charge on any atom is 0.179 e. The van der Waals surface area contributed by atoms with E-state index < -0.39 is 15.9 Å². The van der Waals surface area contributed by atoms with Gasteiger partial charge in [0.1, 0.15) is 34.9 Å². The van der Waals surface area contributed by atoms with E-state index in [0.717, 1.165) is 24.8 Å². The molecule has 2 atom stereocenters. The first-order chi connectivity index (χ1) is 13.7. The van der Waals surface area contributed by atoms with Crippen LogP contribution in [0.15, 0.2) is 47.4 Å². The van der Waals surface area contributed by atoms with Crippen LogP contribution in [0.4, 0.5) is 0 Å². The molecule has 0 fully saturated rings. The van der Waals surface area contributed by atoms with Crippen molar-refractivity contribution in [2.75, 3.05) is 26.5 Å². The highest BCUT2D eigenvalue weighted by atomic mass is 32.2. The second kappa shape index (κ2) is 10.5. The van der Waals surface area contributed by atoms with Gasteiger partial charge in [0, 0.05) is 24.9 Å². The van der Waals surface area contributed by atoms with Crippen LogP contribution < -0.4 is 14.8 Å². The van der Waals surface area contributed by atoms with Crippen LogP contribution in [-0.2, 0) is 16.3 Å². The fourth-order valence-corrected chi connectivity index (χ4v) is 3.53. The molecule has 7 nitrogen and oxygen atoms in total. The average molecular weight is 424 g/mol. The van der Waals surface area contributed by atoms with Gasteiger partial charge in [0.25, 0.3) is 0 Å². The van der Waals surface area contributed by atoms with Crippen molar-refractivity contribution in [2.24, 2.45) is 0 Å². The Morgan fingerprint density at radius 1 is 1.10 bits per heavy atom. The van der Waals surface area contributed by atoms with Gasteiger partial charge in [-0.05, 0) is 49.6 Å². The lowest BCUT2D eigenvalue weighted by Crippen LogP contribution is -2.36. The standard InChI is InChI=1S/C21H29NO6S/c1-15(4-5-16-6-8-18(27-2)9-7-16)22-13-17(23)14-28-19-10-11-20(24)21(12-19)29(3,25)26/h6-12,15,17,22-24H,4-5,13-14H2,1-3H3. The quantitative estimate of drug-likeness (QED) is 0.509. The Bertz CT molecular complexity index is 883. The number of sulfone groups is 1. The minimum Gasteiger partial charge on any atom is -0.507 e. The molecule has 2 aromatic rings. The lowest BCUT2D eigenvalue weighted by Gasteiger charge is -2.18. The molecular weight excluding hydrogens is 394 g/mol. The molecule has 2 unspecified atom stereocenters. The summed E-state index contributed by atoms with van der Waals surface area (Å²) in [6, 6.07) is 12.1. The van der Waals surface area contributed by atoms with Gasteiger partial charge in [-0.25, -0.2) is 8.42 Å². The molecular formula is C21H29NO6S. The van der Waals surface area contributed by atoms with E-state index in [1.165, 1.54) is 23.8 Å². The number of hydrogen-bond donors (Lipinski definition) is 3. The van der Waals surface area contributed by atoms with Crippen LogP contribution >= 0.6 is 0 Å². The predicted octanol–water partition coefficient (Wildman–Crippen LogP) is 2.15. The second-order valence-corrected chi connectivity index (χ2v) is 9.05. The van der Waals surface area contributed by atoms with Crippen LogP contribution in [0, 0.1) is 0 Å². The third-order valence-corrected chi connectivity index (χ3v) is 5.63. The summed E-state index contributed by atoms with van der Waals surface area (Å²) in [6.07, 6.45) is 2.08. The number of methoxy groups -OCH3 is 1. The average Bonchev–Trinajstić information content (AvgIpc) is 2.69. The van der Waals surface area contributed by atoms with Crippen LogP contribution in [0.25, 0.3) is 0 Å². The van der Waals surface area contributed by atoms with Gasteiger partial charge < -0.3 is 25.0 Å². The van der Waals surface area contributed by atoms with Gasteiger partial charge in [-0.15, -0.1) is 0 Å². The third-order valence-electron chi connectivity index (χ3n) is 4.50. The van der Waals surface area contributed by atoms with E-state index in [0.29, 0.717) is 6.54 Å². The number of rotatable bonds is 11. The van der Waals surface area contributed by atoms with Gasteiger partial charge in [-0.1, -0.05) is 12.1 Å². The first-order valence-electron chi connectivity index (χ1n) is 9.39. The van der Waals surface area contributed by atoms with E-state index in [1.807, 2.05) is 24.3 Å². The van der Waals surface area contributed by atoms with E-state index in [1.54, 1.807) is 7.11 Å². The molecule has 0 bridgehead atoms. The van der Waals surface area contributed by atoms with Crippen LogP contribution in [0.2, 0.25) is 0 Å². The minimum absolute atomic E-state index is 0.00613. The third kappa shape index (κ3) is 7.56. The van der Waals surface area contributed by atoms with Crippen molar-refractivity contribution in [3.63, 3.8) is 0 Å². The van der Waals surface area contributed by atoms with Crippen molar-refractivity contribution < 1.29 is 28.1 Å². The number of nitrogens with one attached hydrogen (secondary N) is 1. The molecule has 8 heteroatoms. The molecule has 0 spiro atoms. The topological polar surface area (TPSA) is 105 Å². The summed E-state index contributed by atoms with van der Waals surface area (Å²) in [5.74, 6) is 0.780. The fourth-order valence-electron chi connectivity index (χ4n) is 2.75. The zero-order chi connectivity index (χ0) is 21.4. The summed E-state index contributed by atoms with van der Waals surface area (Å²) in [4.78, 5) is -0.199. The number of phenolic OH excluding ortho intramolecular Hbond substituents is 1. The Balaban J connectivity index is 1.74. The van der Waals surface area contributed by atoms with Gasteiger partial charge in [0.15, 0.2) is 9.84 Å². The summed E-state index contributed by atoms with van der Waals surface area (Å²) >= 11 is 0. The summed E-state index contributed by atoms with van der Waals surface area (Å²) in [5, 5.41) is 23.0. The van der Waals surface area contributed by atoms with Gasteiger partial charge in [0.05, 0.1) is 7.11 Å². The molecule has 3 N–H and O–H groups in total. The van der Waals surface area contributed by atoms with Crippen molar-refractivity contribution in [1.29, 1.82) is 0 Å². The largest absolute Gasteiger partial charge is 0.507 e. The van der Waals surface area contributed by atoms with Crippen molar-refractivity contribution in [2.45, 2.75) is 36.8 Å². The van der Waals surface area contributed by atoms with E-state index >= 15 is 0 Å². The monoisotopic (exact) mass is 423 g/mol. The Labute approximate surface area is 172 Å². The molecule has 0 amide bonds. The SMILES string of the molecule is COc1ccc(CCC(C)NCC(O)COc2ccc(O)c(S(C)(=O)=O)c2)cc1. The number of hydrogen-bond acceptors (Lipinski definition) is 7. The van der Waals surface area contributed by atoms with E-state index in [-0.39, 0.29) is 29.0 Å². The zero-order valence-electron chi connectivity index (χ0n) is 17.0. The summed E-state index contributed by atoms with van der Waals surface area (Å²) < 4.78 is 33.9. The first-order valence-corrected chi connectivity index (χ1v) is 11.3. The molecule has 0 aliphatic carbocycles. The van der Waals surface area contributed by atoms with E-state index in [9.17, 15) is 18.6 Å². The molecule has 0 heterocycles. The highest BCUT2D eigenvalue weighted by molar-refractivity contribution is 7.90. The highest BCUT2D eigenvalue weighted by Gasteiger charge is 2.15. The molecule has 0 saturated heterocycles. The molecule has 29 heavy (non-hydrogen) atoms. The molecule has 0 radical (unpaired) electrons. The Morgan fingerprint density at radius 3 is 2.38 bits per heavy atom. The summed E-state index contributed by atoms with van der Waals surface area (Å²) in [6.45, 7) is 2.41. The van der Waals surface area contributed by atoms with E-state index in [4.69, 9.17) is 9.47 Å². The maximum atomic E-state index is 11.6. The second-order valence-electron chi connectivity index (χ2n) is 7.06. The molecule has 2 aromatic carbocycles. The number of aliphatic hydroxyl groups is 1. The van der Waals surface area contributed by atoms with Gasteiger partial charge in [-0.3, -0.25) is 0 Å². The summed E-state index contributed by atoms with van der Waals surface area (Å²) in [5.41, 5.74) is 1.22. The number of aryl methyl sites for hydroxylation is 1. The number of aliphatic hydroxyl groups excluding tert-OH is 1. The van der Waals surface area contributed by atoms with Crippen molar-refractivity contribution in [3.05, 3.63) is 48.0 Å². The van der Waals surface area contributed by atoms with Crippen molar-refractivity contribution in [3.8, 4) is 17.2 Å². The lowest BCUT2D eigenvalue weighted by atomic mass is 10.1. The van der Waals surface area contributed by atoms with Gasteiger partial charge in [-0.2, -0.15) is 0 Å². The fraction of sp³-hybridized carbons (Fsp3) is 0.429. The van der Waals surface area contributed by atoms with Crippen molar-refractivity contribution in [1.82, 2.24) is 5.32 Å². The van der Waals surface area contributed by atoms with Gasteiger partial charge >= 0.3 is 0 Å². The van der Waals surface area contributed by atoms with Crippen LogP contribution in [0.3, 0.4) is 0 Å². The smallest absolute Gasteiger partial charge is 0.179 e. The van der Waals surface area contributed by atoms with Crippen LogP contribution in [-0.4, -0.2) is 57.3 Å². The highest BCUT2D eigenvalue weighted by Crippen LogP contribution is 2.27. The molecule has 0 saturated carbocycles. The number of phenols is 1. The summed E-state index contributed by atoms with van der Waals surface area (Å²) in [7, 11) is -1.92. The lowest BCUT2D eigenvalue weighted by molar-refractivity contribution is 0.103. The normalized spacial score (nSPS) is 13.7. The minimum atomic E-state index is -3.56.